The van der Waals surface area contributed by atoms with Crippen LogP contribution in [0.5, 0.6) is 0 Å². The Labute approximate surface area is 182 Å². The van der Waals surface area contributed by atoms with Crippen LogP contribution in [0.4, 0.5) is 11.4 Å². The minimum absolute atomic E-state index is 0.102. The lowest BCUT2D eigenvalue weighted by Crippen LogP contribution is -2.33. The lowest BCUT2D eigenvalue weighted by molar-refractivity contribution is -0.384. The van der Waals surface area contributed by atoms with Crippen LogP contribution in [-0.4, -0.2) is 34.2 Å². The predicted octanol–water partition coefficient (Wildman–Crippen LogP) is 4.86. The van der Waals surface area contributed by atoms with Crippen LogP contribution >= 0.6 is 11.3 Å². The molecule has 162 valence electrons. The maximum atomic E-state index is 12.6. The van der Waals surface area contributed by atoms with Gasteiger partial charge >= 0.3 is 5.97 Å². The number of ether oxygens (including phenoxy) is 1. The van der Waals surface area contributed by atoms with Crippen molar-refractivity contribution in [2.45, 2.75) is 32.8 Å². The SMILES string of the molecule is CC1CCN(c2ccc(C(=O)OC(C)c3nnc(-c4cccs4)o3)cc2[N+](=O)[O-])CC1. The number of aromatic nitrogens is 2. The second-order valence-corrected chi connectivity index (χ2v) is 8.55. The van der Waals surface area contributed by atoms with E-state index in [-0.39, 0.29) is 17.1 Å². The summed E-state index contributed by atoms with van der Waals surface area (Å²) in [4.78, 5) is 26.6. The number of carbonyl (C=O) groups is 1. The van der Waals surface area contributed by atoms with Gasteiger partial charge in [-0.2, -0.15) is 0 Å². The molecule has 3 heterocycles. The molecular weight excluding hydrogens is 420 g/mol. The van der Waals surface area contributed by atoms with Gasteiger partial charge in [0.1, 0.15) is 5.69 Å². The number of nitro groups is 1. The molecule has 0 N–H and O–H groups in total. The Balaban J connectivity index is 1.49. The van der Waals surface area contributed by atoms with E-state index in [0.717, 1.165) is 30.8 Å². The van der Waals surface area contributed by atoms with Gasteiger partial charge in [-0.1, -0.05) is 13.0 Å². The van der Waals surface area contributed by atoms with E-state index in [9.17, 15) is 14.9 Å². The first-order chi connectivity index (χ1) is 14.9. The van der Waals surface area contributed by atoms with Gasteiger partial charge in [-0.05, 0) is 49.3 Å². The number of benzene rings is 1. The molecule has 1 fully saturated rings. The highest BCUT2D eigenvalue weighted by atomic mass is 32.1. The average molecular weight is 442 g/mol. The molecule has 0 spiro atoms. The van der Waals surface area contributed by atoms with Crippen molar-refractivity contribution in [1.29, 1.82) is 0 Å². The topological polar surface area (TPSA) is 112 Å². The quantitative estimate of drug-likeness (QED) is 0.302. The molecule has 0 aliphatic carbocycles. The Morgan fingerprint density at radius 3 is 2.77 bits per heavy atom. The number of thiophene rings is 1. The molecule has 3 aromatic rings. The largest absolute Gasteiger partial charge is 0.449 e. The van der Waals surface area contributed by atoms with Crippen LogP contribution in [0.25, 0.3) is 10.8 Å². The summed E-state index contributed by atoms with van der Waals surface area (Å²) >= 11 is 1.46. The van der Waals surface area contributed by atoms with E-state index in [2.05, 4.69) is 17.1 Å². The predicted molar refractivity (Wildman–Crippen MR) is 115 cm³/mol. The van der Waals surface area contributed by atoms with Gasteiger partial charge in [0.05, 0.1) is 15.4 Å². The van der Waals surface area contributed by atoms with Gasteiger partial charge < -0.3 is 14.1 Å². The number of esters is 1. The summed E-state index contributed by atoms with van der Waals surface area (Å²) in [6, 6.07) is 8.17. The van der Waals surface area contributed by atoms with E-state index in [1.165, 1.54) is 17.4 Å². The van der Waals surface area contributed by atoms with Crippen molar-refractivity contribution in [2.24, 2.45) is 5.92 Å². The number of piperidine rings is 1. The van der Waals surface area contributed by atoms with Gasteiger partial charge in [0, 0.05) is 19.2 Å². The van der Waals surface area contributed by atoms with Crippen molar-refractivity contribution in [3.8, 4) is 10.8 Å². The van der Waals surface area contributed by atoms with Crippen molar-refractivity contribution in [2.75, 3.05) is 18.0 Å². The van der Waals surface area contributed by atoms with E-state index in [1.807, 2.05) is 22.4 Å². The Bertz CT molecular complexity index is 1070. The zero-order valence-corrected chi connectivity index (χ0v) is 18.0. The van der Waals surface area contributed by atoms with E-state index in [1.54, 1.807) is 19.1 Å². The molecule has 1 aromatic carbocycles. The lowest BCUT2D eigenvalue weighted by Gasteiger charge is -2.31. The van der Waals surface area contributed by atoms with Crippen LogP contribution in [0, 0.1) is 16.0 Å². The summed E-state index contributed by atoms with van der Waals surface area (Å²) in [6.07, 6.45) is 1.17. The zero-order valence-electron chi connectivity index (χ0n) is 17.2. The van der Waals surface area contributed by atoms with Crippen molar-refractivity contribution in [3.63, 3.8) is 0 Å². The summed E-state index contributed by atoms with van der Waals surface area (Å²) in [5, 5.41) is 21.5. The summed E-state index contributed by atoms with van der Waals surface area (Å²) in [6.45, 7) is 5.30. The molecule has 31 heavy (non-hydrogen) atoms. The molecule has 1 aliphatic heterocycles. The molecule has 0 bridgehead atoms. The van der Waals surface area contributed by atoms with Crippen molar-refractivity contribution < 1.29 is 18.9 Å². The van der Waals surface area contributed by atoms with Gasteiger partial charge in [-0.15, -0.1) is 21.5 Å². The fraction of sp³-hybridized carbons (Fsp3) is 0.381. The molecule has 1 aliphatic rings. The smallest absolute Gasteiger partial charge is 0.339 e. The maximum absolute atomic E-state index is 12.6. The van der Waals surface area contributed by atoms with Gasteiger partial charge in [0.15, 0.2) is 6.10 Å². The van der Waals surface area contributed by atoms with E-state index in [0.29, 0.717) is 17.5 Å². The summed E-state index contributed by atoms with van der Waals surface area (Å²) in [5.74, 6) is 0.426. The van der Waals surface area contributed by atoms with Crippen LogP contribution in [0.3, 0.4) is 0 Å². The molecule has 9 nitrogen and oxygen atoms in total. The number of nitro benzene ring substituents is 1. The first-order valence-electron chi connectivity index (χ1n) is 10.0. The molecule has 10 heteroatoms. The first kappa shape index (κ1) is 21.0. The average Bonchev–Trinajstić information content (AvgIpc) is 3.46. The van der Waals surface area contributed by atoms with Crippen LogP contribution in [0.2, 0.25) is 0 Å². The Morgan fingerprint density at radius 1 is 1.32 bits per heavy atom. The van der Waals surface area contributed by atoms with E-state index in [4.69, 9.17) is 9.15 Å². The van der Waals surface area contributed by atoms with Crippen molar-refractivity contribution >= 4 is 28.7 Å². The van der Waals surface area contributed by atoms with Gasteiger partial charge in [-0.3, -0.25) is 10.1 Å². The van der Waals surface area contributed by atoms with E-state index < -0.39 is 17.0 Å². The second kappa shape index (κ2) is 8.84. The molecule has 0 saturated carbocycles. The number of nitrogens with zero attached hydrogens (tertiary/aromatic N) is 4. The molecule has 0 amide bonds. The number of anilines is 1. The van der Waals surface area contributed by atoms with Crippen molar-refractivity contribution in [1.82, 2.24) is 10.2 Å². The van der Waals surface area contributed by atoms with Crippen LogP contribution < -0.4 is 4.90 Å². The normalized spacial score (nSPS) is 15.6. The summed E-state index contributed by atoms with van der Waals surface area (Å²) in [5.41, 5.74) is 0.527. The Kier molecular flexibility index (Phi) is 5.99. The fourth-order valence-corrected chi connectivity index (χ4v) is 4.14. The fourth-order valence-electron chi connectivity index (χ4n) is 3.49. The molecule has 1 saturated heterocycles. The second-order valence-electron chi connectivity index (χ2n) is 7.60. The molecule has 2 aromatic heterocycles. The molecule has 1 atom stereocenters. The third kappa shape index (κ3) is 4.58. The third-order valence-electron chi connectivity index (χ3n) is 5.34. The van der Waals surface area contributed by atoms with Crippen LogP contribution in [-0.2, 0) is 4.74 Å². The number of rotatable bonds is 6. The van der Waals surface area contributed by atoms with Crippen LogP contribution in [0.15, 0.2) is 40.1 Å². The number of carbonyl (C=O) groups excluding carboxylic acids is 1. The number of hydrogen-bond donors (Lipinski definition) is 0. The minimum Gasteiger partial charge on any atom is -0.449 e. The number of hydrogen-bond acceptors (Lipinski definition) is 9. The standard InChI is InChI=1S/C21H22N4O5S/c1-13-7-9-24(10-8-13)16-6-5-15(12-17(16)25(27)28)21(26)29-14(2)19-22-23-20(30-19)18-4-3-11-31-18/h3-6,11-14H,7-10H2,1-2H3. The first-order valence-corrected chi connectivity index (χ1v) is 10.9. The molecular formula is C21H22N4O5S. The van der Waals surface area contributed by atoms with Gasteiger partial charge in [-0.25, -0.2) is 4.79 Å². The van der Waals surface area contributed by atoms with Gasteiger partial charge in [0.25, 0.3) is 17.5 Å². The van der Waals surface area contributed by atoms with Crippen molar-refractivity contribution in [3.05, 3.63) is 57.3 Å². The molecule has 4 rings (SSSR count). The maximum Gasteiger partial charge on any atom is 0.339 e. The van der Waals surface area contributed by atoms with Crippen LogP contribution in [0.1, 0.15) is 49.0 Å². The highest BCUT2D eigenvalue weighted by Gasteiger charge is 2.26. The zero-order chi connectivity index (χ0) is 22.0. The molecule has 0 radical (unpaired) electrons. The summed E-state index contributed by atoms with van der Waals surface area (Å²) in [7, 11) is 0. The highest BCUT2D eigenvalue weighted by molar-refractivity contribution is 7.13. The monoisotopic (exact) mass is 442 g/mol. The van der Waals surface area contributed by atoms with E-state index >= 15 is 0 Å². The Hall–Kier alpha value is -3.27. The molecule has 1 unspecified atom stereocenters. The minimum atomic E-state index is -0.795. The highest BCUT2D eigenvalue weighted by Crippen LogP contribution is 2.33. The summed E-state index contributed by atoms with van der Waals surface area (Å²) < 4.78 is 11.0. The lowest BCUT2D eigenvalue weighted by atomic mass is 9.98. The van der Waals surface area contributed by atoms with Gasteiger partial charge in [0.2, 0.25) is 0 Å². The third-order valence-corrected chi connectivity index (χ3v) is 6.19. The Morgan fingerprint density at radius 2 is 2.10 bits per heavy atom.